The molecule has 3 aromatic heterocycles. The first-order chi connectivity index (χ1) is 14.2. The Morgan fingerprint density at radius 1 is 1.14 bits per heavy atom. The molecule has 0 unspecified atom stereocenters. The van der Waals surface area contributed by atoms with Crippen LogP contribution in [-0.4, -0.2) is 43.2 Å². The number of aromatic amines is 1. The van der Waals surface area contributed by atoms with E-state index in [9.17, 15) is 0 Å². The minimum atomic E-state index is -0.192. The molecule has 29 heavy (non-hydrogen) atoms. The van der Waals surface area contributed by atoms with E-state index >= 15 is 0 Å². The van der Waals surface area contributed by atoms with Gasteiger partial charge in [0.05, 0.1) is 36.4 Å². The molecule has 1 N–H and O–H groups in total. The van der Waals surface area contributed by atoms with E-state index < -0.39 is 0 Å². The molecule has 0 amide bonds. The topological polar surface area (TPSA) is 90.7 Å². The van der Waals surface area contributed by atoms with Gasteiger partial charge in [0.25, 0.3) is 0 Å². The third kappa shape index (κ3) is 3.17. The van der Waals surface area contributed by atoms with E-state index in [4.69, 9.17) is 14.5 Å². The highest BCUT2D eigenvalue weighted by molar-refractivity contribution is 5.87. The molecule has 1 aliphatic heterocycles. The number of H-pyrrole nitrogens is 1. The van der Waals surface area contributed by atoms with Crippen molar-refractivity contribution >= 4 is 23.2 Å². The zero-order chi connectivity index (χ0) is 19.8. The number of hydrogen-bond acceptors (Lipinski definition) is 6. The fourth-order valence-corrected chi connectivity index (χ4v) is 3.55. The lowest BCUT2D eigenvalue weighted by atomic mass is 10.1. The van der Waals surface area contributed by atoms with Crippen molar-refractivity contribution < 1.29 is 9.47 Å². The van der Waals surface area contributed by atoms with E-state index in [1.807, 2.05) is 50.4 Å². The van der Waals surface area contributed by atoms with Crippen LogP contribution in [0.1, 0.15) is 30.0 Å². The number of rotatable bonds is 0. The molecule has 0 aliphatic carbocycles. The Bertz CT molecular complexity index is 1210. The van der Waals surface area contributed by atoms with Crippen molar-refractivity contribution in [2.75, 3.05) is 13.2 Å². The van der Waals surface area contributed by atoms with E-state index in [-0.39, 0.29) is 6.10 Å². The van der Waals surface area contributed by atoms with Gasteiger partial charge in [-0.3, -0.25) is 9.78 Å². The normalized spacial score (nSPS) is 17.8. The van der Waals surface area contributed by atoms with Gasteiger partial charge in [-0.05, 0) is 25.1 Å². The summed E-state index contributed by atoms with van der Waals surface area (Å²) in [5.74, 6) is 1.39. The number of ether oxygens (including phenoxy) is 2. The van der Waals surface area contributed by atoms with Gasteiger partial charge in [-0.25, -0.2) is 9.97 Å². The minimum absolute atomic E-state index is 0.192. The number of nitrogens with one attached hydrogen (secondary N) is 1. The number of hydrogen-bond donors (Lipinski definition) is 1. The Balaban J connectivity index is 1.68. The molecular formula is C21H20N6O2. The second kappa shape index (κ2) is 7.14. The third-order valence-electron chi connectivity index (χ3n) is 4.99. The Kier molecular flexibility index (Phi) is 4.33. The molecule has 4 heterocycles. The highest BCUT2D eigenvalue weighted by Crippen LogP contribution is 2.29. The maximum Gasteiger partial charge on any atom is 0.163 e. The Morgan fingerprint density at radius 3 is 2.97 bits per heavy atom. The van der Waals surface area contributed by atoms with Crippen molar-refractivity contribution in [3.05, 3.63) is 53.6 Å². The lowest BCUT2D eigenvalue weighted by Gasteiger charge is -2.16. The second-order valence-corrected chi connectivity index (χ2v) is 6.86. The molecule has 5 rings (SSSR count). The summed E-state index contributed by atoms with van der Waals surface area (Å²) in [6.07, 6.45) is 7.24. The van der Waals surface area contributed by atoms with Crippen LogP contribution < -0.4 is 4.74 Å². The molecule has 2 bridgehead atoms. The molecule has 0 fully saturated rings. The molecule has 146 valence electrons. The predicted octanol–water partition coefficient (Wildman–Crippen LogP) is 3.39. The maximum absolute atomic E-state index is 6.03. The van der Waals surface area contributed by atoms with E-state index in [0.717, 1.165) is 39.3 Å². The Morgan fingerprint density at radius 2 is 2.03 bits per heavy atom. The van der Waals surface area contributed by atoms with Gasteiger partial charge in [0.1, 0.15) is 29.1 Å². The van der Waals surface area contributed by atoms with Crippen LogP contribution >= 0.6 is 0 Å². The van der Waals surface area contributed by atoms with Crippen molar-refractivity contribution in [1.82, 2.24) is 29.9 Å². The second-order valence-electron chi connectivity index (χ2n) is 6.86. The number of aromatic nitrogens is 6. The summed E-state index contributed by atoms with van der Waals surface area (Å²) in [4.78, 5) is 9.29. The summed E-state index contributed by atoms with van der Waals surface area (Å²) >= 11 is 0. The molecule has 1 atom stereocenters. The molecule has 8 heteroatoms. The van der Waals surface area contributed by atoms with Gasteiger partial charge in [0.15, 0.2) is 5.82 Å². The average Bonchev–Trinajstić information content (AvgIpc) is 3.32. The molecule has 0 radical (unpaired) electrons. The van der Waals surface area contributed by atoms with E-state index in [0.29, 0.717) is 19.0 Å². The van der Waals surface area contributed by atoms with Crippen LogP contribution in [0.2, 0.25) is 0 Å². The van der Waals surface area contributed by atoms with Gasteiger partial charge in [0.2, 0.25) is 0 Å². The molecule has 0 saturated carbocycles. The molecule has 4 aromatic rings. The largest absolute Gasteiger partial charge is 0.491 e. The molecule has 1 aromatic carbocycles. The Labute approximate surface area is 167 Å². The van der Waals surface area contributed by atoms with Gasteiger partial charge in [-0.1, -0.05) is 18.2 Å². The number of fused-ring (bicyclic) bond motifs is 4. The SMILES string of the molecule is C[C@H]1OCCOc2ccccc2/C=C/c2n[nH]c3cnc(nc23)-c2cnn(C)c21. The van der Waals surface area contributed by atoms with E-state index in [1.165, 1.54) is 0 Å². The summed E-state index contributed by atoms with van der Waals surface area (Å²) in [5, 5.41) is 11.8. The van der Waals surface area contributed by atoms with E-state index in [2.05, 4.69) is 20.3 Å². The van der Waals surface area contributed by atoms with Crippen LogP contribution in [0.25, 0.3) is 34.6 Å². The number of aryl methyl sites for hydroxylation is 1. The summed E-state index contributed by atoms with van der Waals surface area (Å²) in [6.45, 7) is 2.89. The number of para-hydroxylation sites is 1. The zero-order valence-electron chi connectivity index (χ0n) is 16.2. The van der Waals surface area contributed by atoms with Gasteiger partial charge < -0.3 is 9.47 Å². The van der Waals surface area contributed by atoms with Crippen molar-refractivity contribution in [3.63, 3.8) is 0 Å². The quantitative estimate of drug-likeness (QED) is 0.497. The average molecular weight is 388 g/mol. The first kappa shape index (κ1) is 17.6. The molecule has 0 saturated heterocycles. The lowest BCUT2D eigenvalue weighted by Crippen LogP contribution is -2.13. The third-order valence-corrected chi connectivity index (χ3v) is 4.99. The van der Waals surface area contributed by atoms with Crippen LogP contribution in [0.3, 0.4) is 0 Å². The van der Waals surface area contributed by atoms with Crippen LogP contribution in [0.5, 0.6) is 5.75 Å². The van der Waals surface area contributed by atoms with Crippen LogP contribution in [0.15, 0.2) is 36.7 Å². The fourth-order valence-electron chi connectivity index (χ4n) is 3.55. The maximum atomic E-state index is 6.03. The summed E-state index contributed by atoms with van der Waals surface area (Å²) in [7, 11) is 1.89. The molecule has 0 spiro atoms. The van der Waals surface area contributed by atoms with Gasteiger partial charge in [-0.2, -0.15) is 10.2 Å². The molecular weight excluding hydrogens is 368 g/mol. The number of nitrogens with zero attached hydrogens (tertiary/aromatic N) is 5. The summed E-state index contributed by atoms with van der Waals surface area (Å²) < 4.78 is 13.8. The van der Waals surface area contributed by atoms with Gasteiger partial charge in [-0.15, -0.1) is 0 Å². The first-order valence-electron chi connectivity index (χ1n) is 9.45. The highest BCUT2D eigenvalue weighted by atomic mass is 16.5. The lowest BCUT2D eigenvalue weighted by molar-refractivity contribution is 0.0397. The first-order valence-corrected chi connectivity index (χ1v) is 9.45. The number of benzene rings is 1. The van der Waals surface area contributed by atoms with Gasteiger partial charge >= 0.3 is 0 Å². The highest BCUT2D eigenvalue weighted by Gasteiger charge is 2.21. The van der Waals surface area contributed by atoms with Crippen LogP contribution in [0, 0.1) is 0 Å². The summed E-state index contributed by atoms with van der Waals surface area (Å²) in [6, 6.07) is 7.88. The van der Waals surface area contributed by atoms with Crippen molar-refractivity contribution in [1.29, 1.82) is 0 Å². The molecule has 1 aliphatic rings. The fraction of sp³-hybridized carbons (Fsp3) is 0.238. The zero-order valence-corrected chi connectivity index (χ0v) is 16.2. The van der Waals surface area contributed by atoms with Crippen molar-refractivity contribution in [2.45, 2.75) is 13.0 Å². The van der Waals surface area contributed by atoms with Crippen molar-refractivity contribution in [2.24, 2.45) is 7.05 Å². The minimum Gasteiger partial charge on any atom is -0.491 e. The monoisotopic (exact) mass is 388 g/mol. The molecule has 8 nitrogen and oxygen atoms in total. The van der Waals surface area contributed by atoms with Gasteiger partial charge in [0, 0.05) is 12.6 Å². The Hall–Kier alpha value is -3.52. The van der Waals surface area contributed by atoms with Crippen molar-refractivity contribution in [3.8, 4) is 17.1 Å². The summed E-state index contributed by atoms with van der Waals surface area (Å²) in [5.41, 5.74) is 4.99. The smallest absolute Gasteiger partial charge is 0.163 e. The van der Waals surface area contributed by atoms with Crippen LogP contribution in [-0.2, 0) is 11.8 Å². The van der Waals surface area contributed by atoms with E-state index in [1.54, 1.807) is 17.1 Å². The standard InChI is InChI=1S/C21H20N6O2/c1-13-20-15(11-23-27(20)2)21-22-12-17-19(24-21)16(25-26-17)8-7-14-5-3-4-6-18(14)29-10-9-28-13/h3-8,11-13H,9-10H2,1-2H3,(H,25,26)/b8-7+/t13-/m1/s1. The van der Waals surface area contributed by atoms with Crippen LogP contribution in [0.4, 0.5) is 0 Å². The predicted molar refractivity (Wildman–Crippen MR) is 109 cm³/mol.